The number of ether oxygens (including phenoxy) is 1. The van der Waals surface area contributed by atoms with Gasteiger partial charge in [-0.1, -0.05) is 18.2 Å². The van der Waals surface area contributed by atoms with Crippen LogP contribution in [-0.2, 0) is 11.3 Å². The van der Waals surface area contributed by atoms with Crippen molar-refractivity contribution < 1.29 is 24.2 Å². The van der Waals surface area contributed by atoms with Crippen LogP contribution in [0.25, 0.3) is 0 Å². The molecule has 8 nitrogen and oxygen atoms in total. The van der Waals surface area contributed by atoms with Crippen LogP contribution >= 0.6 is 0 Å². The van der Waals surface area contributed by atoms with E-state index in [0.717, 1.165) is 11.1 Å². The van der Waals surface area contributed by atoms with Crippen molar-refractivity contribution in [3.05, 3.63) is 64.7 Å². The van der Waals surface area contributed by atoms with Crippen molar-refractivity contribution in [3.63, 3.8) is 0 Å². The van der Waals surface area contributed by atoms with Crippen molar-refractivity contribution >= 4 is 23.6 Å². The Hall–Kier alpha value is -3.39. The first-order valence-electron chi connectivity index (χ1n) is 9.29. The molecule has 2 aromatic rings. The lowest BCUT2D eigenvalue weighted by Crippen LogP contribution is -2.41. The molecule has 0 bridgehead atoms. The molecule has 152 valence electrons. The molecule has 1 saturated heterocycles. The van der Waals surface area contributed by atoms with E-state index in [1.54, 1.807) is 35.2 Å². The lowest BCUT2D eigenvalue weighted by atomic mass is 10.1. The number of carbonyl (C=O) groups excluding carboxylic acids is 2. The highest BCUT2D eigenvalue weighted by molar-refractivity contribution is 5.98. The van der Waals surface area contributed by atoms with Crippen LogP contribution < -0.4 is 10.6 Å². The topological polar surface area (TPSA) is 108 Å². The maximum absolute atomic E-state index is 12.7. The number of rotatable bonds is 5. The van der Waals surface area contributed by atoms with Crippen molar-refractivity contribution in [3.8, 4) is 0 Å². The highest BCUT2D eigenvalue weighted by atomic mass is 16.5. The summed E-state index contributed by atoms with van der Waals surface area (Å²) in [4.78, 5) is 37.6. The molecule has 0 aliphatic carbocycles. The number of aryl methyl sites for hydroxylation is 1. The second-order valence-corrected chi connectivity index (χ2v) is 6.74. The van der Waals surface area contributed by atoms with Gasteiger partial charge in [0.25, 0.3) is 5.91 Å². The fourth-order valence-electron chi connectivity index (χ4n) is 2.99. The van der Waals surface area contributed by atoms with Crippen molar-refractivity contribution in [1.29, 1.82) is 0 Å². The quantitative estimate of drug-likeness (QED) is 0.718. The Morgan fingerprint density at radius 1 is 1.07 bits per heavy atom. The Morgan fingerprint density at radius 3 is 2.41 bits per heavy atom. The van der Waals surface area contributed by atoms with Crippen molar-refractivity contribution in [2.24, 2.45) is 0 Å². The molecule has 0 unspecified atom stereocenters. The van der Waals surface area contributed by atoms with Gasteiger partial charge >= 0.3 is 12.0 Å². The molecule has 1 aliphatic heterocycles. The average molecular weight is 397 g/mol. The van der Waals surface area contributed by atoms with E-state index in [4.69, 9.17) is 9.84 Å². The predicted molar refractivity (Wildman–Crippen MR) is 107 cm³/mol. The van der Waals surface area contributed by atoms with E-state index < -0.39 is 12.0 Å². The molecule has 1 fully saturated rings. The Labute approximate surface area is 168 Å². The van der Waals surface area contributed by atoms with Crippen LogP contribution in [0.1, 0.15) is 31.8 Å². The van der Waals surface area contributed by atoms with E-state index in [0.29, 0.717) is 37.6 Å². The van der Waals surface area contributed by atoms with Gasteiger partial charge < -0.3 is 25.4 Å². The largest absolute Gasteiger partial charge is 0.478 e. The minimum Gasteiger partial charge on any atom is -0.478 e. The van der Waals surface area contributed by atoms with Gasteiger partial charge in [0.1, 0.15) is 0 Å². The van der Waals surface area contributed by atoms with Crippen LogP contribution in [0.5, 0.6) is 0 Å². The highest BCUT2D eigenvalue weighted by Crippen LogP contribution is 2.18. The molecule has 0 aromatic heterocycles. The van der Waals surface area contributed by atoms with Crippen LogP contribution in [0, 0.1) is 6.92 Å². The minimum absolute atomic E-state index is 0.0756. The third-order valence-corrected chi connectivity index (χ3v) is 4.68. The number of morpholine rings is 1. The number of anilines is 1. The molecular weight excluding hydrogens is 374 g/mol. The van der Waals surface area contributed by atoms with E-state index in [1.165, 1.54) is 12.1 Å². The van der Waals surface area contributed by atoms with Gasteiger partial charge in [0.05, 0.1) is 18.8 Å². The standard InChI is InChI=1S/C21H23N3O5/c1-14-2-7-17(12-18(14)19(25)24-8-10-29-11-9-24)23-21(28)22-13-15-3-5-16(6-4-15)20(26)27/h2-7,12H,8-11,13H2,1H3,(H,26,27)(H2,22,23,28). The van der Waals surface area contributed by atoms with E-state index in [-0.39, 0.29) is 18.0 Å². The zero-order valence-corrected chi connectivity index (χ0v) is 16.1. The molecule has 1 heterocycles. The molecule has 0 spiro atoms. The summed E-state index contributed by atoms with van der Waals surface area (Å²) in [6, 6.07) is 11.1. The van der Waals surface area contributed by atoms with E-state index in [2.05, 4.69) is 10.6 Å². The predicted octanol–water partition coefficient (Wildman–Crippen LogP) is 2.49. The highest BCUT2D eigenvalue weighted by Gasteiger charge is 2.20. The second kappa shape index (κ2) is 9.20. The first-order chi connectivity index (χ1) is 13.9. The minimum atomic E-state index is -0.996. The van der Waals surface area contributed by atoms with Gasteiger partial charge in [-0.15, -0.1) is 0 Å². The van der Waals surface area contributed by atoms with Crippen LogP contribution in [0.15, 0.2) is 42.5 Å². The number of aromatic carboxylic acids is 1. The molecule has 1 aliphatic rings. The Balaban J connectivity index is 1.60. The summed E-state index contributed by atoms with van der Waals surface area (Å²) in [5.41, 5.74) is 2.87. The van der Waals surface area contributed by atoms with Gasteiger partial charge in [-0.3, -0.25) is 4.79 Å². The first-order valence-corrected chi connectivity index (χ1v) is 9.29. The van der Waals surface area contributed by atoms with E-state index >= 15 is 0 Å². The first kappa shape index (κ1) is 20.3. The van der Waals surface area contributed by atoms with Crippen LogP contribution in [-0.4, -0.2) is 54.2 Å². The fraction of sp³-hybridized carbons (Fsp3) is 0.286. The normalized spacial score (nSPS) is 13.6. The molecule has 2 aromatic carbocycles. The molecule has 3 rings (SSSR count). The molecule has 0 radical (unpaired) electrons. The zero-order chi connectivity index (χ0) is 20.8. The zero-order valence-electron chi connectivity index (χ0n) is 16.1. The summed E-state index contributed by atoms with van der Waals surface area (Å²) in [5, 5.41) is 14.4. The molecule has 0 atom stereocenters. The average Bonchev–Trinajstić information content (AvgIpc) is 2.74. The van der Waals surface area contributed by atoms with Gasteiger partial charge in [-0.2, -0.15) is 0 Å². The number of carboxylic acids is 1. The molecule has 8 heteroatoms. The molecular formula is C21H23N3O5. The Morgan fingerprint density at radius 2 is 1.76 bits per heavy atom. The summed E-state index contributed by atoms with van der Waals surface area (Å²) in [6.45, 7) is 4.26. The number of hydrogen-bond acceptors (Lipinski definition) is 4. The number of carbonyl (C=O) groups is 3. The summed E-state index contributed by atoms with van der Waals surface area (Å²) in [7, 11) is 0. The molecule has 3 amide bonds. The van der Waals surface area contributed by atoms with Crippen molar-refractivity contribution in [1.82, 2.24) is 10.2 Å². The number of amides is 3. The number of nitrogens with one attached hydrogen (secondary N) is 2. The van der Waals surface area contributed by atoms with E-state index in [9.17, 15) is 14.4 Å². The van der Waals surface area contributed by atoms with Crippen molar-refractivity contribution in [2.75, 3.05) is 31.6 Å². The lowest BCUT2D eigenvalue weighted by molar-refractivity contribution is 0.0302. The van der Waals surface area contributed by atoms with Crippen LogP contribution in [0.2, 0.25) is 0 Å². The molecule has 3 N–H and O–H groups in total. The third kappa shape index (κ3) is 5.32. The lowest BCUT2D eigenvalue weighted by Gasteiger charge is -2.27. The fourth-order valence-corrected chi connectivity index (χ4v) is 2.99. The number of carboxylic acid groups (broad SMARTS) is 1. The molecule has 0 saturated carbocycles. The monoisotopic (exact) mass is 397 g/mol. The Kier molecular flexibility index (Phi) is 6.46. The van der Waals surface area contributed by atoms with Gasteiger partial charge in [0.2, 0.25) is 0 Å². The molecule has 29 heavy (non-hydrogen) atoms. The number of hydrogen-bond donors (Lipinski definition) is 3. The second-order valence-electron chi connectivity index (χ2n) is 6.74. The smallest absolute Gasteiger partial charge is 0.335 e. The summed E-state index contributed by atoms with van der Waals surface area (Å²) in [6.07, 6.45) is 0. The number of benzene rings is 2. The van der Waals surface area contributed by atoms with E-state index in [1.807, 2.05) is 6.92 Å². The number of nitrogens with zero attached hydrogens (tertiary/aromatic N) is 1. The van der Waals surface area contributed by atoms with Crippen LogP contribution in [0.4, 0.5) is 10.5 Å². The number of urea groups is 1. The summed E-state index contributed by atoms with van der Waals surface area (Å²) < 4.78 is 5.29. The summed E-state index contributed by atoms with van der Waals surface area (Å²) in [5.74, 6) is -1.07. The Bertz CT molecular complexity index is 905. The van der Waals surface area contributed by atoms with Gasteiger partial charge in [0, 0.05) is 30.9 Å². The maximum Gasteiger partial charge on any atom is 0.335 e. The van der Waals surface area contributed by atoms with Gasteiger partial charge in [-0.05, 0) is 42.3 Å². The maximum atomic E-state index is 12.7. The van der Waals surface area contributed by atoms with Crippen LogP contribution in [0.3, 0.4) is 0 Å². The third-order valence-electron chi connectivity index (χ3n) is 4.68. The van der Waals surface area contributed by atoms with Gasteiger partial charge in [0.15, 0.2) is 0 Å². The van der Waals surface area contributed by atoms with Crippen molar-refractivity contribution in [2.45, 2.75) is 13.5 Å². The van der Waals surface area contributed by atoms with Gasteiger partial charge in [-0.25, -0.2) is 9.59 Å². The SMILES string of the molecule is Cc1ccc(NC(=O)NCc2ccc(C(=O)O)cc2)cc1C(=O)N1CCOCC1. The summed E-state index contributed by atoms with van der Waals surface area (Å²) >= 11 is 0.